The van der Waals surface area contributed by atoms with Crippen LogP contribution >= 0.6 is 0 Å². The number of benzene rings is 2. The molecule has 1 unspecified atom stereocenters. The van der Waals surface area contributed by atoms with Crippen LogP contribution in [0.3, 0.4) is 0 Å². The highest BCUT2D eigenvalue weighted by molar-refractivity contribution is 5.96. The number of amides is 1. The average molecular weight is 435 g/mol. The fraction of sp³-hybridized carbons (Fsp3) is 0.462. The summed E-state index contributed by atoms with van der Waals surface area (Å²) >= 11 is 0. The number of halogens is 1. The highest BCUT2D eigenvalue weighted by Gasteiger charge is 2.38. The van der Waals surface area contributed by atoms with E-state index < -0.39 is 11.7 Å². The molecular weight excluding hydrogens is 403 g/mol. The third-order valence-corrected chi connectivity index (χ3v) is 7.23. The molecule has 0 radical (unpaired) electrons. The second kappa shape index (κ2) is 8.93. The number of hydrogen-bond acceptors (Lipinski definition) is 4. The van der Waals surface area contributed by atoms with E-state index in [4.69, 9.17) is 10.9 Å². The third-order valence-electron chi connectivity index (χ3n) is 7.23. The second-order valence-corrected chi connectivity index (χ2v) is 9.29. The minimum Gasteiger partial charge on any atom is -0.338 e. The summed E-state index contributed by atoms with van der Waals surface area (Å²) in [5.74, 6) is 0.303. The molecule has 4 rings (SSSR count). The van der Waals surface area contributed by atoms with Crippen molar-refractivity contribution >= 4 is 12.1 Å². The zero-order chi connectivity index (χ0) is 22.9. The van der Waals surface area contributed by atoms with E-state index in [1.54, 1.807) is 4.90 Å². The summed E-state index contributed by atoms with van der Waals surface area (Å²) in [6.07, 6.45) is 5.07. The molecule has 32 heavy (non-hydrogen) atoms. The minimum atomic E-state index is -1.41. The van der Waals surface area contributed by atoms with Crippen molar-refractivity contribution in [1.29, 1.82) is 10.9 Å². The monoisotopic (exact) mass is 434 g/mol. The standard InChI is InChI=1S/C26H31FN4O/c1-17-6-8-20(9-7-17)26(27)10-12-31(13-11-26)25(32)21-15-23(24(16-28)30-29)22(14-18(21)2)19-4-3-5-19/h6-9,14-16,19,24,28-29H,3-5,10-13H2,1-2H3. The van der Waals surface area contributed by atoms with Crippen LogP contribution in [-0.4, -0.2) is 30.1 Å². The Morgan fingerprint density at radius 2 is 1.84 bits per heavy atom. The van der Waals surface area contributed by atoms with Crippen molar-refractivity contribution in [2.24, 2.45) is 5.11 Å². The van der Waals surface area contributed by atoms with Crippen LogP contribution in [0.5, 0.6) is 0 Å². The molecule has 1 saturated heterocycles. The van der Waals surface area contributed by atoms with Crippen molar-refractivity contribution in [3.05, 3.63) is 69.8 Å². The lowest BCUT2D eigenvalue weighted by Crippen LogP contribution is -2.43. The van der Waals surface area contributed by atoms with Crippen LogP contribution in [0.2, 0.25) is 0 Å². The second-order valence-electron chi connectivity index (χ2n) is 9.29. The van der Waals surface area contributed by atoms with Gasteiger partial charge < -0.3 is 10.3 Å². The van der Waals surface area contributed by atoms with Crippen LogP contribution in [0.25, 0.3) is 0 Å². The lowest BCUT2D eigenvalue weighted by atomic mass is 9.76. The molecule has 1 aliphatic carbocycles. The van der Waals surface area contributed by atoms with Crippen LogP contribution in [0.4, 0.5) is 4.39 Å². The molecule has 5 nitrogen and oxygen atoms in total. The fourth-order valence-corrected chi connectivity index (χ4v) is 4.88. The zero-order valence-corrected chi connectivity index (χ0v) is 18.8. The summed E-state index contributed by atoms with van der Waals surface area (Å²) in [6.45, 7) is 4.64. The van der Waals surface area contributed by atoms with Gasteiger partial charge in [-0.1, -0.05) is 42.3 Å². The summed E-state index contributed by atoms with van der Waals surface area (Å²) in [5, 5.41) is 11.3. The van der Waals surface area contributed by atoms with E-state index in [9.17, 15) is 4.79 Å². The Kier molecular flexibility index (Phi) is 6.22. The van der Waals surface area contributed by atoms with Crippen molar-refractivity contribution in [2.75, 3.05) is 13.1 Å². The molecule has 2 fully saturated rings. The van der Waals surface area contributed by atoms with Crippen LogP contribution in [0, 0.1) is 24.8 Å². The Hall–Kier alpha value is -2.89. The normalized spacial score (nSPS) is 19.2. The van der Waals surface area contributed by atoms with Gasteiger partial charge in [-0.2, -0.15) is 5.11 Å². The third kappa shape index (κ3) is 4.10. The number of aryl methyl sites for hydroxylation is 2. The van der Waals surface area contributed by atoms with Crippen molar-refractivity contribution in [3.8, 4) is 0 Å². The molecule has 2 aromatic rings. The largest absolute Gasteiger partial charge is 0.338 e. The lowest BCUT2D eigenvalue weighted by molar-refractivity contribution is 0.0421. The molecular formula is C26H31FN4O. The van der Waals surface area contributed by atoms with Crippen LogP contribution in [0.15, 0.2) is 41.5 Å². The van der Waals surface area contributed by atoms with E-state index in [1.165, 1.54) is 6.42 Å². The van der Waals surface area contributed by atoms with Gasteiger partial charge in [-0.05, 0) is 60.9 Å². The fourth-order valence-electron chi connectivity index (χ4n) is 4.88. The molecule has 0 bridgehead atoms. The van der Waals surface area contributed by atoms with Crippen molar-refractivity contribution < 1.29 is 9.18 Å². The number of rotatable bonds is 6. The lowest BCUT2D eigenvalue weighted by Gasteiger charge is -2.37. The molecule has 1 heterocycles. The van der Waals surface area contributed by atoms with Gasteiger partial charge in [0.1, 0.15) is 11.7 Å². The summed E-state index contributed by atoms with van der Waals surface area (Å²) in [7, 11) is 0. The molecule has 0 spiro atoms. The smallest absolute Gasteiger partial charge is 0.254 e. The first-order valence-electron chi connectivity index (χ1n) is 11.4. The quantitative estimate of drug-likeness (QED) is 0.401. The molecule has 0 aromatic heterocycles. The van der Waals surface area contributed by atoms with E-state index in [0.29, 0.717) is 30.1 Å². The maximum atomic E-state index is 15.6. The number of hydrogen-bond donors (Lipinski definition) is 2. The van der Waals surface area contributed by atoms with Gasteiger partial charge in [0.05, 0.1) is 0 Å². The summed E-state index contributed by atoms with van der Waals surface area (Å²) < 4.78 is 15.6. The van der Waals surface area contributed by atoms with E-state index >= 15 is 4.39 Å². The molecule has 1 amide bonds. The number of alkyl halides is 1. The Morgan fingerprint density at radius 3 is 2.38 bits per heavy atom. The Balaban J connectivity index is 1.57. The van der Waals surface area contributed by atoms with Gasteiger partial charge in [-0.3, -0.25) is 4.79 Å². The predicted molar refractivity (Wildman–Crippen MR) is 124 cm³/mol. The first-order valence-corrected chi connectivity index (χ1v) is 11.4. The predicted octanol–water partition coefficient (Wildman–Crippen LogP) is 6.39. The Morgan fingerprint density at radius 1 is 1.19 bits per heavy atom. The molecule has 2 aliphatic rings. The van der Waals surface area contributed by atoms with Crippen molar-refractivity contribution in [2.45, 2.75) is 63.6 Å². The van der Waals surface area contributed by atoms with Gasteiger partial charge in [-0.15, -0.1) is 0 Å². The number of likely N-dealkylation sites (tertiary alicyclic amines) is 1. The Bertz CT molecular complexity index is 1010. The van der Waals surface area contributed by atoms with E-state index in [1.807, 2.05) is 50.2 Å². The van der Waals surface area contributed by atoms with Crippen molar-refractivity contribution in [1.82, 2.24) is 4.90 Å². The Labute approximate surface area is 189 Å². The van der Waals surface area contributed by atoms with Gasteiger partial charge in [-0.25, -0.2) is 9.92 Å². The zero-order valence-electron chi connectivity index (χ0n) is 18.8. The van der Waals surface area contributed by atoms with Gasteiger partial charge >= 0.3 is 0 Å². The highest BCUT2D eigenvalue weighted by atomic mass is 19.1. The topological polar surface area (TPSA) is 80.4 Å². The summed E-state index contributed by atoms with van der Waals surface area (Å²) in [5.41, 5.74) is 11.2. The van der Waals surface area contributed by atoms with Crippen LogP contribution in [0.1, 0.15) is 82.2 Å². The molecule has 1 saturated carbocycles. The molecule has 2 N–H and O–H groups in total. The number of piperidine rings is 1. The highest BCUT2D eigenvalue weighted by Crippen LogP contribution is 2.42. The number of carbonyl (C=O) groups is 1. The van der Waals surface area contributed by atoms with Crippen LogP contribution < -0.4 is 0 Å². The molecule has 168 valence electrons. The molecule has 2 aromatic carbocycles. The number of nitrogens with zero attached hydrogens (tertiary/aromatic N) is 2. The average Bonchev–Trinajstić information content (AvgIpc) is 2.75. The van der Waals surface area contributed by atoms with Crippen LogP contribution in [-0.2, 0) is 5.67 Å². The summed E-state index contributed by atoms with van der Waals surface area (Å²) in [6, 6.07) is 10.8. The van der Waals surface area contributed by atoms with Gasteiger partial charge in [0, 0.05) is 37.7 Å². The van der Waals surface area contributed by atoms with Gasteiger partial charge in [0.2, 0.25) is 0 Å². The van der Waals surface area contributed by atoms with E-state index in [-0.39, 0.29) is 18.7 Å². The summed E-state index contributed by atoms with van der Waals surface area (Å²) in [4.78, 5) is 15.1. The van der Waals surface area contributed by atoms with E-state index in [2.05, 4.69) is 5.11 Å². The van der Waals surface area contributed by atoms with Gasteiger partial charge in [0.15, 0.2) is 0 Å². The minimum absolute atomic E-state index is 0.108. The molecule has 1 atom stereocenters. The van der Waals surface area contributed by atoms with Gasteiger partial charge in [0.25, 0.3) is 5.91 Å². The number of nitrogens with one attached hydrogen (secondary N) is 2. The van der Waals surface area contributed by atoms with E-state index in [0.717, 1.165) is 41.3 Å². The maximum Gasteiger partial charge on any atom is 0.254 e. The van der Waals surface area contributed by atoms with Crippen molar-refractivity contribution in [3.63, 3.8) is 0 Å². The number of carbonyl (C=O) groups excluding carboxylic acids is 1. The SMILES string of the molecule is Cc1ccc(C2(F)CCN(C(=O)c3cc(C(C=N)N=N)c(C4CCC4)cc3C)CC2)cc1. The molecule has 1 aliphatic heterocycles. The molecule has 6 heteroatoms. The maximum absolute atomic E-state index is 15.6. The first kappa shape index (κ1) is 22.3. The first-order chi connectivity index (χ1) is 15.4.